The van der Waals surface area contributed by atoms with Crippen molar-refractivity contribution in [3.8, 4) is 5.75 Å². The number of benzene rings is 2. The molecule has 34 heavy (non-hydrogen) atoms. The normalized spacial score (nSPS) is 10.9. The molecule has 0 unspecified atom stereocenters. The standard InChI is InChI=1S/C22H19FN6O5/c23-16-3-7-18(8-4-16)34-13-20(30)24-9-10-28-21-19(11-26-28)22(31)27(14-25-21)12-15-1-5-17(6-2-15)29(32)33/h1-8,11,14H,9-10,12-13H2,(H,24,30). The van der Waals surface area contributed by atoms with Crippen molar-refractivity contribution in [2.24, 2.45) is 0 Å². The average molecular weight is 466 g/mol. The van der Waals surface area contributed by atoms with E-state index >= 15 is 0 Å². The highest BCUT2D eigenvalue weighted by Crippen LogP contribution is 2.13. The van der Waals surface area contributed by atoms with E-state index in [1.165, 1.54) is 58.2 Å². The molecule has 0 aliphatic heterocycles. The van der Waals surface area contributed by atoms with Gasteiger partial charge in [-0.1, -0.05) is 12.1 Å². The molecule has 2 aromatic carbocycles. The lowest BCUT2D eigenvalue weighted by molar-refractivity contribution is -0.384. The Bertz CT molecular complexity index is 1380. The van der Waals surface area contributed by atoms with Crippen LogP contribution < -0.4 is 15.6 Å². The number of ether oxygens (including phenoxy) is 1. The first-order valence-electron chi connectivity index (χ1n) is 10.2. The zero-order valence-electron chi connectivity index (χ0n) is 17.8. The highest BCUT2D eigenvalue weighted by Gasteiger charge is 2.12. The molecule has 0 radical (unpaired) electrons. The van der Waals surface area contributed by atoms with Crippen molar-refractivity contribution in [2.45, 2.75) is 13.1 Å². The van der Waals surface area contributed by atoms with Crippen molar-refractivity contribution in [3.63, 3.8) is 0 Å². The zero-order valence-corrected chi connectivity index (χ0v) is 17.8. The lowest BCUT2D eigenvalue weighted by atomic mass is 10.2. The Morgan fingerprint density at radius 3 is 2.59 bits per heavy atom. The number of nitro groups is 1. The van der Waals surface area contributed by atoms with Gasteiger partial charge in [0.15, 0.2) is 12.3 Å². The molecule has 2 heterocycles. The van der Waals surface area contributed by atoms with Crippen LogP contribution in [0.4, 0.5) is 10.1 Å². The molecule has 0 spiro atoms. The van der Waals surface area contributed by atoms with Crippen molar-refractivity contribution < 1.29 is 18.8 Å². The summed E-state index contributed by atoms with van der Waals surface area (Å²) in [5.41, 5.74) is 0.764. The number of hydrogen-bond acceptors (Lipinski definition) is 7. The first kappa shape index (κ1) is 22.6. The van der Waals surface area contributed by atoms with E-state index in [4.69, 9.17) is 4.74 Å². The Kier molecular flexibility index (Phi) is 6.57. The molecular formula is C22H19FN6O5. The van der Waals surface area contributed by atoms with E-state index < -0.39 is 10.7 Å². The van der Waals surface area contributed by atoms with Crippen LogP contribution in [0.15, 0.2) is 65.8 Å². The molecule has 11 nitrogen and oxygen atoms in total. The van der Waals surface area contributed by atoms with E-state index in [9.17, 15) is 24.1 Å². The lowest BCUT2D eigenvalue weighted by Gasteiger charge is -2.08. The number of rotatable bonds is 9. The molecule has 4 aromatic rings. The summed E-state index contributed by atoms with van der Waals surface area (Å²) in [6, 6.07) is 11.3. The highest BCUT2D eigenvalue weighted by atomic mass is 19.1. The second kappa shape index (κ2) is 9.90. The minimum atomic E-state index is -0.487. The molecule has 0 fully saturated rings. The molecule has 0 atom stereocenters. The van der Waals surface area contributed by atoms with Crippen LogP contribution in [-0.2, 0) is 17.9 Å². The summed E-state index contributed by atoms with van der Waals surface area (Å²) in [5.74, 6) is -0.377. The van der Waals surface area contributed by atoms with Gasteiger partial charge in [0.2, 0.25) is 0 Å². The second-order valence-corrected chi connectivity index (χ2v) is 7.30. The van der Waals surface area contributed by atoms with E-state index in [-0.39, 0.29) is 43.4 Å². The van der Waals surface area contributed by atoms with Crippen molar-refractivity contribution in [3.05, 3.63) is 92.9 Å². The highest BCUT2D eigenvalue weighted by molar-refractivity contribution is 5.77. The Hall–Kier alpha value is -4.61. The molecule has 2 aromatic heterocycles. The van der Waals surface area contributed by atoms with Crippen LogP contribution >= 0.6 is 0 Å². The number of carbonyl (C=O) groups excluding carboxylic acids is 1. The number of nitro benzene ring substituents is 1. The van der Waals surface area contributed by atoms with Gasteiger partial charge in [-0.15, -0.1) is 0 Å². The van der Waals surface area contributed by atoms with Crippen LogP contribution in [0.3, 0.4) is 0 Å². The van der Waals surface area contributed by atoms with Gasteiger partial charge in [-0.05, 0) is 29.8 Å². The lowest BCUT2D eigenvalue weighted by Crippen LogP contribution is -2.31. The van der Waals surface area contributed by atoms with Gasteiger partial charge in [0, 0.05) is 18.7 Å². The first-order valence-corrected chi connectivity index (χ1v) is 10.2. The summed E-state index contributed by atoms with van der Waals surface area (Å²) < 4.78 is 21.1. The molecular weight excluding hydrogens is 447 g/mol. The monoisotopic (exact) mass is 466 g/mol. The quantitative estimate of drug-likeness (QED) is 0.294. The summed E-state index contributed by atoms with van der Waals surface area (Å²) in [6.45, 7) is 0.493. The van der Waals surface area contributed by atoms with Gasteiger partial charge in [0.25, 0.3) is 17.2 Å². The molecule has 0 saturated carbocycles. The number of halogens is 1. The fraction of sp³-hybridized carbons (Fsp3) is 0.182. The molecule has 0 aliphatic carbocycles. The van der Waals surface area contributed by atoms with E-state index in [1.54, 1.807) is 12.1 Å². The van der Waals surface area contributed by atoms with Gasteiger partial charge >= 0.3 is 0 Å². The van der Waals surface area contributed by atoms with Crippen molar-refractivity contribution in [1.29, 1.82) is 0 Å². The van der Waals surface area contributed by atoms with Crippen LogP contribution in [0.1, 0.15) is 5.56 Å². The molecule has 12 heteroatoms. The summed E-state index contributed by atoms with van der Waals surface area (Å²) >= 11 is 0. The van der Waals surface area contributed by atoms with Crippen molar-refractivity contribution in [2.75, 3.05) is 13.2 Å². The molecule has 0 aliphatic rings. The first-order chi connectivity index (χ1) is 16.4. The SMILES string of the molecule is O=C(COc1ccc(F)cc1)NCCn1ncc2c(=O)n(Cc3ccc([N+](=O)[O-])cc3)cnc21. The second-order valence-electron chi connectivity index (χ2n) is 7.30. The predicted octanol–water partition coefficient (Wildman–Crippen LogP) is 1.88. The third-order valence-electron chi connectivity index (χ3n) is 4.95. The minimum absolute atomic E-state index is 0.0277. The van der Waals surface area contributed by atoms with Gasteiger partial charge in [0.1, 0.15) is 23.3 Å². The maximum Gasteiger partial charge on any atom is 0.269 e. The smallest absolute Gasteiger partial charge is 0.269 e. The molecule has 1 N–H and O–H groups in total. The molecule has 4 rings (SSSR count). The number of nitrogens with one attached hydrogen (secondary N) is 1. The molecule has 0 saturated heterocycles. The van der Waals surface area contributed by atoms with Crippen molar-refractivity contribution in [1.82, 2.24) is 24.6 Å². The number of fused-ring (bicyclic) bond motifs is 1. The van der Waals surface area contributed by atoms with E-state index in [2.05, 4.69) is 15.4 Å². The number of aromatic nitrogens is 4. The third-order valence-corrected chi connectivity index (χ3v) is 4.95. The van der Waals surface area contributed by atoms with Crippen LogP contribution in [0.5, 0.6) is 5.75 Å². The van der Waals surface area contributed by atoms with Gasteiger partial charge in [-0.2, -0.15) is 5.10 Å². The summed E-state index contributed by atoms with van der Waals surface area (Å²) in [4.78, 5) is 39.4. The van der Waals surface area contributed by atoms with Gasteiger partial charge < -0.3 is 10.1 Å². The van der Waals surface area contributed by atoms with E-state index in [0.717, 1.165) is 0 Å². The zero-order chi connectivity index (χ0) is 24.1. The Balaban J connectivity index is 1.34. The largest absolute Gasteiger partial charge is 0.484 e. The fourth-order valence-corrected chi connectivity index (χ4v) is 3.23. The van der Waals surface area contributed by atoms with Gasteiger partial charge in [-0.25, -0.2) is 14.1 Å². The van der Waals surface area contributed by atoms with E-state index in [0.29, 0.717) is 22.3 Å². The topological polar surface area (TPSA) is 134 Å². The average Bonchev–Trinajstić information content (AvgIpc) is 3.24. The Morgan fingerprint density at radius 2 is 1.88 bits per heavy atom. The Labute approximate surface area is 191 Å². The fourth-order valence-electron chi connectivity index (χ4n) is 3.23. The summed E-state index contributed by atoms with van der Waals surface area (Å²) in [5, 5.41) is 18.0. The molecule has 174 valence electrons. The van der Waals surface area contributed by atoms with Gasteiger partial charge in [0.05, 0.1) is 24.2 Å². The number of non-ortho nitro benzene ring substituents is 1. The van der Waals surface area contributed by atoms with Crippen molar-refractivity contribution >= 4 is 22.6 Å². The third kappa shape index (κ3) is 5.23. The summed E-state index contributed by atoms with van der Waals surface area (Å²) in [6.07, 6.45) is 2.80. The van der Waals surface area contributed by atoms with Crippen LogP contribution in [-0.4, -0.2) is 43.3 Å². The number of hydrogen-bond donors (Lipinski definition) is 1. The van der Waals surface area contributed by atoms with E-state index in [1.807, 2.05) is 0 Å². The van der Waals surface area contributed by atoms with Crippen LogP contribution in [0, 0.1) is 15.9 Å². The molecule has 0 bridgehead atoms. The Morgan fingerprint density at radius 1 is 1.15 bits per heavy atom. The number of nitrogens with zero attached hydrogens (tertiary/aromatic N) is 5. The maximum absolute atomic E-state index is 12.9. The van der Waals surface area contributed by atoms with Gasteiger partial charge in [-0.3, -0.25) is 24.3 Å². The summed E-state index contributed by atoms with van der Waals surface area (Å²) in [7, 11) is 0. The van der Waals surface area contributed by atoms with Crippen LogP contribution in [0.2, 0.25) is 0 Å². The van der Waals surface area contributed by atoms with Crippen LogP contribution in [0.25, 0.3) is 11.0 Å². The minimum Gasteiger partial charge on any atom is -0.484 e. The molecule has 1 amide bonds. The maximum atomic E-state index is 12.9. The predicted molar refractivity (Wildman–Crippen MR) is 119 cm³/mol. The number of amides is 1. The number of carbonyl (C=O) groups is 1.